The zero-order chi connectivity index (χ0) is 20.9. The molecule has 0 bridgehead atoms. The number of carboxylic acids is 1. The minimum Gasteiger partial charge on any atom is -0.478 e. The van der Waals surface area contributed by atoms with Crippen molar-refractivity contribution in [3.8, 4) is 0 Å². The van der Waals surface area contributed by atoms with Gasteiger partial charge < -0.3 is 14.6 Å². The van der Waals surface area contributed by atoms with Gasteiger partial charge >= 0.3 is 17.9 Å². The Bertz CT molecular complexity index is 694. The largest absolute Gasteiger partial charge is 0.478 e. The fraction of sp³-hybridized carbons (Fsp3) is 0.500. The third-order valence-corrected chi connectivity index (χ3v) is 4.29. The van der Waals surface area contributed by atoms with Gasteiger partial charge in [0.05, 0.1) is 0 Å². The Morgan fingerprint density at radius 1 is 1.07 bits per heavy atom. The molecule has 6 nitrogen and oxygen atoms in total. The van der Waals surface area contributed by atoms with Crippen molar-refractivity contribution in [2.24, 2.45) is 0 Å². The lowest BCUT2D eigenvalue weighted by Crippen LogP contribution is -2.02. The summed E-state index contributed by atoms with van der Waals surface area (Å²) in [5.74, 6) is -1.49. The zero-order valence-corrected chi connectivity index (χ0v) is 17.0. The third kappa shape index (κ3) is 10.5. The van der Waals surface area contributed by atoms with Crippen LogP contribution >= 0.6 is 0 Å². The molecule has 0 radical (unpaired) electrons. The number of esters is 2. The molecule has 28 heavy (non-hydrogen) atoms. The van der Waals surface area contributed by atoms with E-state index in [-0.39, 0.29) is 18.5 Å². The van der Waals surface area contributed by atoms with Gasteiger partial charge in [-0.2, -0.15) is 0 Å². The molecule has 1 aliphatic heterocycles. The Kier molecular flexibility index (Phi) is 10.6. The van der Waals surface area contributed by atoms with E-state index in [1.165, 1.54) is 12.5 Å². The van der Waals surface area contributed by atoms with Gasteiger partial charge in [0.15, 0.2) is 0 Å². The summed E-state index contributed by atoms with van der Waals surface area (Å²) < 4.78 is 9.76. The maximum absolute atomic E-state index is 11.4. The molecule has 1 N–H and O–H groups in total. The summed E-state index contributed by atoms with van der Waals surface area (Å²) >= 11 is 0. The van der Waals surface area contributed by atoms with Crippen molar-refractivity contribution in [3.05, 3.63) is 46.6 Å². The van der Waals surface area contributed by atoms with Crippen LogP contribution in [0.15, 0.2) is 46.6 Å². The third-order valence-electron chi connectivity index (χ3n) is 4.29. The fourth-order valence-electron chi connectivity index (χ4n) is 2.68. The smallest absolute Gasteiger partial charge is 0.331 e. The van der Waals surface area contributed by atoms with E-state index in [0.717, 1.165) is 30.4 Å². The van der Waals surface area contributed by atoms with E-state index < -0.39 is 5.97 Å². The van der Waals surface area contributed by atoms with E-state index in [0.29, 0.717) is 31.4 Å². The molecule has 0 aromatic rings. The lowest BCUT2D eigenvalue weighted by atomic mass is 10.0. The van der Waals surface area contributed by atoms with Crippen molar-refractivity contribution in [2.45, 2.75) is 59.3 Å². The van der Waals surface area contributed by atoms with Crippen LogP contribution in [0, 0.1) is 0 Å². The van der Waals surface area contributed by atoms with Gasteiger partial charge in [-0.3, -0.25) is 4.79 Å². The summed E-state index contributed by atoms with van der Waals surface area (Å²) in [6.45, 7) is 5.87. The van der Waals surface area contributed by atoms with Gasteiger partial charge in [-0.05, 0) is 63.5 Å². The number of hydrogen-bond donors (Lipinski definition) is 1. The van der Waals surface area contributed by atoms with Crippen LogP contribution in [0.25, 0.3) is 0 Å². The van der Waals surface area contributed by atoms with Crippen LogP contribution in [-0.2, 0) is 23.9 Å². The molecule has 0 saturated heterocycles. The highest BCUT2D eigenvalue weighted by Crippen LogP contribution is 2.16. The highest BCUT2D eigenvalue weighted by atomic mass is 16.5. The highest BCUT2D eigenvalue weighted by molar-refractivity contribution is 5.86. The second-order valence-corrected chi connectivity index (χ2v) is 6.94. The molecule has 0 fully saturated rings. The maximum Gasteiger partial charge on any atom is 0.331 e. The second kappa shape index (κ2) is 12.7. The van der Waals surface area contributed by atoms with Crippen LogP contribution in [0.3, 0.4) is 0 Å². The van der Waals surface area contributed by atoms with Gasteiger partial charge in [0.2, 0.25) is 0 Å². The summed E-state index contributed by atoms with van der Waals surface area (Å²) in [4.78, 5) is 33.2. The quantitative estimate of drug-likeness (QED) is 0.304. The number of carbonyl (C=O) groups excluding carboxylic acids is 2. The van der Waals surface area contributed by atoms with Gasteiger partial charge in [-0.1, -0.05) is 23.8 Å². The second-order valence-electron chi connectivity index (χ2n) is 6.94. The van der Waals surface area contributed by atoms with Gasteiger partial charge in [-0.25, -0.2) is 9.59 Å². The van der Waals surface area contributed by atoms with Crippen molar-refractivity contribution in [1.29, 1.82) is 0 Å². The lowest BCUT2D eigenvalue weighted by molar-refractivity contribution is -0.140. The lowest BCUT2D eigenvalue weighted by Gasteiger charge is -2.04. The van der Waals surface area contributed by atoms with Crippen molar-refractivity contribution in [2.75, 3.05) is 13.2 Å². The molecule has 0 aromatic heterocycles. The van der Waals surface area contributed by atoms with E-state index in [4.69, 9.17) is 9.47 Å². The molecule has 1 rings (SSSR count). The molecule has 1 heterocycles. The SMILES string of the molecule is CC(=O)OC/C(C)=C\CC/C(=C/CC/C(C)=C/CCC1=CC(=O)OC1)C(=O)O. The monoisotopic (exact) mass is 390 g/mol. The number of carbonyl (C=O) groups is 3. The Morgan fingerprint density at radius 3 is 2.36 bits per heavy atom. The Balaban J connectivity index is 2.38. The molecular formula is C22H30O6. The number of hydrogen-bond acceptors (Lipinski definition) is 5. The van der Waals surface area contributed by atoms with E-state index in [1.54, 1.807) is 12.2 Å². The number of allylic oxidation sites excluding steroid dienone is 4. The summed E-state index contributed by atoms with van der Waals surface area (Å²) in [6, 6.07) is 0. The fourth-order valence-corrected chi connectivity index (χ4v) is 2.68. The molecule has 0 atom stereocenters. The molecule has 1 aliphatic rings. The summed E-state index contributed by atoms with van der Waals surface area (Å²) in [5.41, 5.74) is 3.52. The topological polar surface area (TPSA) is 89.9 Å². The Morgan fingerprint density at radius 2 is 1.75 bits per heavy atom. The molecule has 154 valence electrons. The van der Waals surface area contributed by atoms with Gasteiger partial charge in [0.1, 0.15) is 13.2 Å². The number of ether oxygens (including phenoxy) is 2. The molecule has 6 heteroatoms. The number of cyclic esters (lactones) is 1. The van der Waals surface area contributed by atoms with Crippen molar-refractivity contribution in [3.63, 3.8) is 0 Å². The van der Waals surface area contributed by atoms with Crippen molar-refractivity contribution >= 4 is 17.9 Å². The summed E-state index contributed by atoms with van der Waals surface area (Å²) in [7, 11) is 0. The first-order valence-electron chi connectivity index (χ1n) is 9.51. The zero-order valence-electron chi connectivity index (χ0n) is 17.0. The predicted octanol–water partition coefficient (Wildman–Crippen LogP) is 4.28. The predicted molar refractivity (Wildman–Crippen MR) is 107 cm³/mol. The highest BCUT2D eigenvalue weighted by Gasteiger charge is 2.11. The van der Waals surface area contributed by atoms with Crippen LogP contribution in [0.1, 0.15) is 59.3 Å². The number of rotatable bonds is 12. The first kappa shape index (κ1) is 23.4. The van der Waals surface area contributed by atoms with Crippen LogP contribution in [0.4, 0.5) is 0 Å². The van der Waals surface area contributed by atoms with Gasteiger partial charge in [-0.15, -0.1) is 0 Å². The molecule has 0 aliphatic carbocycles. The molecular weight excluding hydrogens is 360 g/mol. The summed E-state index contributed by atoms with van der Waals surface area (Å²) in [5, 5.41) is 9.35. The van der Waals surface area contributed by atoms with E-state index >= 15 is 0 Å². The van der Waals surface area contributed by atoms with Crippen LogP contribution in [-0.4, -0.2) is 36.2 Å². The molecule has 0 saturated carbocycles. The van der Waals surface area contributed by atoms with E-state index in [1.807, 2.05) is 19.9 Å². The minimum absolute atomic E-state index is 0.239. The molecule has 0 spiro atoms. The van der Waals surface area contributed by atoms with Crippen LogP contribution in [0.5, 0.6) is 0 Å². The average molecular weight is 390 g/mol. The number of aliphatic carboxylic acids is 1. The first-order chi connectivity index (χ1) is 13.3. The Labute approximate surface area is 166 Å². The molecule has 0 unspecified atom stereocenters. The van der Waals surface area contributed by atoms with E-state index in [9.17, 15) is 19.5 Å². The van der Waals surface area contributed by atoms with E-state index in [2.05, 4.69) is 6.08 Å². The number of carboxylic acid groups (broad SMARTS) is 1. The van der Waals surface area contributed by atoms with Crippen LogP contribution < -0.4 is 0 Å². The van der Waals surface area contributed by atoms with Crippen molar-refractivity contribution < 1.29 is 29.0 Å². The normalized spacial score (nSPS) is 15.3. The molecule has 0 aromatic carbocycles. The molecule has 0 amide bonds. The van der Waals surface area contributed by atoms with Gasteiger partial charge in [0.25, 0.3) is 0 Å². The van der Waals surface area contributed by atoms with Crippen LogP contribution in [0.2, 0.25) is 0 Å². The minimum atomic E-state index is -0.898. The van der Waals surface area contributed by atoms with Gasteiger partial charge in [0, 0.05) is 18.6 Å². The first-order valence-corrected chi connectivity index (χ1v) is 9.51. The van der Waals surface area contributed by atoms with Crippen molar-refractivity contribution in [1.82, 2.24) is 0 Å². The maximum atomic E-state index is 11.4. The summed E-state index contributed by atoms with van der Waals surface area (Å²) in [6.07, 6.45) is 11.5. The Hall–Kier alpha value is -2.63. The average Bonchev–Trinajstić information content (AvgIpc) is 3.03. The standard InChI is InChI=1S/C22H30O6/c1-16(7-4-10-19-13-21(24)28-15-19)8-5-11-20(22(25)26)12-6-9-17(2)14-27-18(3)23/h7,9,11,13H,4-6,8,10,12,14-15H2,1-3H3,(H,25,26)/b16-7+,17-9-,20-11-.